The summed E-state index contributed by atoms with van der Waals surface area (Å²) >= 11 is 0. The Bertz CT molecular complexity index is 3260. The topological polar surface area (TPSA) is 56.0 Å². The van der Waals surface area contributed by atoms with Crippen molar-refractivity contribution in [1.82, 2.24) is 24.3 Å². The van der Waals surface area contributed by atoms with E-state index in [1.54, 1.807) is 0 Å². The summed E-state index contributed by atoms with van der Waals surface area (Å²) in [5.41, 5.74) is 18.9. The van der Waals surface area contributed by atoms with Crippen molar-refractivity contribution in [3.63, 3.8) is 0 Å². The number of aryl methyl sites for hydroxylation is 6. The number of imidazole rings is 1. The minimum absolute atomic E-state index is 0. The number of nitrogens with zero attached hydrogens (tertiary/aromatic N) is 5. The van der Waals surface area contributed by atoms with Gasteiger partial charge in [0.2, 0.25) is 0 Å². The number of fused-ring (bicyclic) bond motifs is 8. The van der Waals surface area contributed by atoms with E-state index in [4.69, 9.17) is 19.9 Å². The van der Waals surface area contributed by atoms with E-state index in [1.807, 2.05) is 67.1 Å². The van der Waals surface area contributed by atoms with Crippen LogP contribution in [0.2, 0.25) is 0 Å². The Morgan fingerprint density at radius 2 is 1.00 bits per heavy atom. The van der Waals surface area contributed by atoms with Crippen LogP contribution in [0.25, 0.3) is 72.1 Å². The first kappa shape index (κ1) is 40.9. The molecule has 0 aliphatic rings. The molecule has 11 aromatic rings. The van der Waals surface area contributed by atoms with Gasteiger partial charge in [-0.3, -0.25) is 0 Å². The Balaban J connectivity index is 0.00000484. The number of hydrogen-bond donors (Lipinski definition) is 0. The first-order chi connectivity index (χ1) is 31.2. The smallest absolute Gasteiger partial charge is 0.335 e. The van der Waals surface area contributed by atoms with E-state index in [9.17, 15) is 0 Å². The molecular formula is C58H42IrN5. The Labute approximate surface area is 386 Å². The average molecular weight is 1000 g/mol. The molecule has 6 heteroatoms. The Kier molecular flexibility index (Phi) is 11.7. The third kappa shape index (κ3) is 8.51. The van der Waals surface area contributed by atoms with E-state index in [0.29, 0.717) is 0 Å². The molecule has 0 aliphatic heterocycles. The molecule has 0 spiro atoms. The maximum absolute atomic E-state index is 5.29. The van der Waals surface area contributed by atoms with E-state index >= 15 is 0 Å². The molecule has 0 radical (unpaired) electrons. The van der Waals surface area contributed by atoms with Gasteiger partial charge in [0.25, 0.3) is 0 Å². The van der Waals surface area contributed by atoms with Gasteiger partial charge in [-0.05, 0) is 112 Å². The average Bonchev–Trinajstić information content (AvgIpc) is 3.75. The Hall–Kier alpha value is -7.11. The fraction of sp³-hybridized carbons (Fsp3) is 0.103. The van der Waals surface area contributed by atoms with Crippen molar-refractivity contribution < 1.29 is 20.1 Å². The van der Waals surface area contributed by atoms with Crippen LogP contribution in [0.4, 0.5) is 0 Å². The van der Waals surface area contributed by atoms with Crippen molar-refractivity contribution >= 4 is 38.5 Å². The zero-order chi connectivity index (χ0) is 42.0. The van der Waals surface area contributed by atoms with E-state index in [0.717, 1.165) is 105 Å². The normalized spacial score (nSPS) is 11.4. The Morgan fingerprint density at radius 3 is 1.59 bits per heavy atom. The van der Waals surface area contributed by atoms with Gasteiger partial charge in [-0.2, -0.15) is 0 Å². The van der Waals surface area contributed by atoms with Gasteiger partial charge in [0, 0.05) is 29.5 Å². The SMILES string of the molecule is [Ir+3].[c-]1ccccc1-c1ccc(CCc2cc(CCc3ccc(-c4[c-]cccc4)nc3)cc(CCc3cnc4c5[c-]cccc5n5c6ccc(-c7ccccc7)cc6nc5c4c3)c2)cn1. The number of benzene rings is 6. The summed E-state index contributed by atoms with van der Waals surface area (Å²) in [4.78, 5) is 20.0. The van der Waals surface area contributed by atoms with Crippen LogP contribution in [0.5, 0.6) is 0 Å². The van der Waals surface area contributed by atoms with Gasteiger partial charge < -0.3 is 19.4 Å². The molecule has 0 fully saturated rings. The van der Waals surface area contributed by atoms with E-state index in [-0.39, 0.29) is 20.1 Å². The zero-order valence-electron chi connectivity index (χ0n) is 35.1. The summed E-state index contributed by atoms with van der Waals surface area (Å²) in [6.45, 7) is 0. The summed E-state index contributed by atoms with van der Waals surface area (Å²) in [5, 5.41) is 2.05. The standard InChI is InChI=1S/C58H42N5.Ir/c1-4-12-46(13-5-1)49-28-31-56-54(36-49)62-58-51-35-45(39-61-57(51)50-18-10-11-19-55(50)63(56)58)25-24-44-33-42(22-20-40-26-29-52(59-37-40)47-14-6-2-7-15-47)32-43(34-44)23-21-41-27-30-53(60-38-41)48-16-8-3-9-17-48;/h1-14,16,19,26-39H,20-25H2;/q-3;+3. The number of hydrogen-bond acceptors (Lipinski definition) is 4. The monoisotopic (exact) mass is 1000 g/mol. The first-order valence-electron chi connectivity index (χ1n) is 21.7. The predicted molar refractivity (Wildman–Crippen MR) is 255 cm³/mol. The largest absolute Gasteiger partial charge is 3.00 e. The minimum atomic E-state index is 0. The van der Waals surface area contributed by atoms with Crippen LogP contribution in [0, 0.1) is 18.2 Å². The number of aromatic nitrogens is 5. The van der Waals surface area contributed by atoms with Gasteiger partial charge in [-0.1, -0.05) is 84.9 Å². The zero-order valence-corrected chi connectivity index (χ0v) is 37.5. The van der Waals surface area contributed by atoms with Gasteiger partial charge in [0.15, 0.2) is 0 Å². The summed E-state index contributed by atoms with van der Waals surface area (Å²) in [6.07, 6.45) is 11.5. The molecule has 5 nitrogen and oxygen atoms in total. The molecule has 11 rings (SSSR count). The third-order valence-corrected chi connectivity index (χ3v) is 12.1. The van der Waals surface area contributed by atoms with Crippen LogP contribution in [0.1, 0.15) is 33.4 Å². The molecule has 0 bridgehead atoms. The van der Waals surface area contributed by atoms with Gasteiger partial charge in [-0.15, -0.1) is 101 Å². The van der Waals surface area contributed by atoms with Crippen LogP contribution in [-0.2, 0) is 58.6 Å². The molecule has 6 aromatic carbocycles. The van der Waals surface area contributed by atoms with Crippen LogP contribution < -0.4 is 0 Å². The summed E-state index contributed by atoms with van der Waals surface area (Å²) in [7, 11) is 0. The fourth-order valence-electron chi connectivity index (χ4n) is 8.84. The molecule has 0 aliphatic carbocycles. The first-order valence-corrected chi connectivity index (χ1v) is 21.7. The van der Waals surface area contributed by atoms with Crippen LogP contribution in [0.15, 0.2) is 182 Å². The van der Waals surface area contributed by atoms with Crippen molar-refractivity contribution in [2.75, 3.05) is 0 Å². The minimum Gasteiger partial charge on any atom is -0.335 e. The molecule has 64 heavy (non-hydrogen) atoms. The van der Waals surface area contributed by atoms with Gasteiger partial charge in [0.05, 0.1) is 11.0 Å². The molecule has 308 valence electrons. The number of rotatable bonds is 12. The molecule has 0 amide bonds. The second-order valence-electron chi connectivity index (χ2n) is 16.3. The third-order valence-electron chi connectivity index (χ3n) is 12.1. The molecule has 0 N–H and O–H groups in total. The molecule has 5 heterocycles. The van der Waals surface area contributed by atoms with E-state index < -0.39 is 0 Å². The molecule has 0 unspecified atom stereocenters. The summed E-state index contributed by atoms with van der Waals surface area (Å²) in [5.74, 6) is 0. The van der Waals surface area contributed by atoms with Crippen molar-refractivity contribution in [2.45, 2.75) is 38.5 Å². The quantitative estimate of drug-likeness (QED) is 0.0904. The van der Waals surface area contributed by atoms with Crippen molar-refractivity contribution in [3.05, 3.63) is 234 Å². The van der Waals surface area contributed by atoms with E-state index in [2.05, 4.69) is 138 Å². The molecule has 0 saturated carbocycles. The van der Waals surface area contributed by atoms with Crippen LogP contribution >= 0.6 is 0 Å². The maximum Gasteiger partial charge on any atom is 3.00 e. The van der Waals surface area contributed by atoms with E-state index in [1.165, 1.54) is 38.9 Å². The molecule has 0 atom stereocenters. The second-order valence-corrected chi connectivity index (χ2v) is 16.3. The molecular weight excluding hydrogens is 959 g/mol. The Morgan fingerprint density at radius 1 is 0.422 bits per heavy atom. The van der Waals surface area contributed by atoms with Crippen molar-refractivity contribution in [3.8, 4) is 33.6 Å². The second kappa shape index (κ2) is 18.3. The van der Waals surface area contributed by atoms with Gasteiger partial charge in [0.1, 0.15) is 5.65 Å². The predicted octanol–water partition coefficient (Wildman–Crippen LogP) is 12.7. The van der Waals surface area contributed by atoms with Crippen LogP contribution in [-0.4, -0.2) is 24.3 Å². The summed E-state index contributed by atoms with van der Waals surface area (Å²) < 4.78 is 2.28. The van der Waals surface area contributed by atoms with Gasteiger partial charge >= 0.3 is 20.1 Å². The molecule has 5 aromatic heterocycles. The fourth-order valence-corrected chi connectivity index (χ4v) is 8.84. The maximum atomic E-state index is 5.29. The molecule has 0 saturated heterocycles. The van der Waals surface area contributed by atoms with Crippen molar-refractivity contribution in [1.29, 1.82) is 0 Å². The van der Waals surface area contributed by atoms with Crippen LogP contribution in [0.3, 0.4) is 0 Å². The number of pyridine rings is 4. The van der Waals surface area contributed by atoms with Gasteiger partial charge in [-0.25, -0.2) is 4.98 Å². The summed E-state index contributed by atoms with van der Waals surface area (Å²) in [6, 6.07) is 67.5. The van der Waals surface area contributed by atoms with Crippen molar-refractivity contribution in [2.24, 2.45) is 0 Å².